The summed E-state index contributed by atoms with van der Waals surface area (Å²) in [5, 5.41) is 11.4. The largest absolute Gasteiger partial charge is 0.440 e. The minimum Gasteiger partial charge on any atom is -0.440 e. The maximum Gasteiger partial charge on any atom is 0.353 e. The highest BCUT2D eigenvalue weighted by atomic mass is 79.9. The van der Waals surface area contributed by atoms with Crippen molar-refractivity contribution in [2.45, 2.75) is 5.92 Å². The van der Waals surface area contributed by atoms with Crippen LogP contribution in [0.1, 0.15) is 26.7 Å². The van der Waals surface area contributed by atoms with Gasteiger partial charge in [0, 0.05) is 16.1 Å². The predicted octanol–water partition coefficient (Wildman–Crippen LogP) is 4.95. The second kappa shape index (κ2) is 7.50. The number of nitrogens with zero attached hydrogens (tertiary/aromatic N) is 1. The summed E-state index contributed by atoms with van der Waals surface area (Å²) in [6.07, 6.45) is 0. The van der Waals surface area contributed by atoms with Crippen molar-refractivity contribution in [1.29, 1.82) is 5.26 Å². The maximum absolute atomic E-state index is 12.2. The van der Waals surface area contributed by atoms with Gasteiger partial charge in [0.1, 0.15) is 28.0 Å². The van der Waals surface area contributed by atoms with E-state index in [1.54, 1.807) is 30.3 Å². The Bertz CT molecular complexity index is 1130. The number of esters is 1. The van der Waals surface area contributed by atoms with Crippen molar-refractivity contribution in [2.75, 3.05) is 0 Å². The van der Waals surface area contributed by atoms with Gasteiger partial charge >= 0.3 is 5.97 Å². The number of halogens is 1. The monoisotopic (exact) mass is 452 g/mol. The minimum absolute atomic E-state index is 0.0432. The van der Waals surface area contributed by atoms with Crippen molar-refractivity contribution in [3.8, 4) is 17.6 Å². The third kappa shape index (κ3) is 3.40. The molecule has 1 aromatic heterocycles. The van der Waals surface area contributed by atoms with Crippen LogP contribution < -0.4 is 15.2 Å². The number of nitriles is 1. The number of benzene rings is 2. The first-order valence-corrected chi connectivity index (χ1v) is 9.97. The van der Waals surface area contributed by atoms with Gasteiger partial charge in [-0.15, -0.1) is 11.3 Å². The van der Waals surface area contributed by atoms with Crippen molar-refractivity contribution in [3.63, 3.8) is 0 Å². The molecule has 2 aromatic carbocycles. The highest BCUT2D eigenvalue weighted by Crippen LogP contribution is 2.43. The molecule has 1 aliphatic rings. The number of rotatable bonds is 3. The van der Waals surface area contributed by atoms with Crippen LogP contribution >= 0.6 is 27.3 Å². The second-order valence-electron chi connectivity index (χ2n) is 6.05. The quantitative estimate of drug-likeness (QED) is 0.448. The Morgan fingerprint density at radius 1 is 1.21 bits per heavy atom. The molecule has 1 aliphatic heterocycles. The van der Waals surface area contributed by atoms with E-state index in [2.05, 4.69) is 22.0 Å². The Balaban J connectivity index is 1.73. The third-order valence-corrected chi connectivity index (χ3v) is 5.65. The molecule has 138 valence electrons. The van der Waals surface area contributed by atoms with E-state index in [-0.39, 0.29) is 11.8 Å². The molecular weight excluding hydrogens is 440 g/mol. The van der Waals surface area contributed by atoms with Crippen LogP contribution in [0.3, 0.4) is 0 Å². The molecule has 0 spiro atoms. The summed E-state index contributed by atoms with van der Waals surface area (Å²) < 4.78 is 12.0. The van der Waals surface area contributed by atoms with Gasteiger partial charge in [0.25, 0.3) is 0 Å². The van der Waals surface area contributed by atoms with Crippen LogP contribution in [0.5, 0.6) is 11.5 Å². The van der Waals surface area contributed by atoms with Gasteiger partial charge in [-0.05, 0) is 35.2 Å². The third-order valence-electron chi connectivity index (χ3n) is 4.31. The van der Waals surface area contributed by atoms with Gasteiger partial charge in [-0.25, -0.2) is 4.79 Å². The highest BCUT2D eigenvalue weighted by molar-refractivity contribution is 9.10. The molecule has 0 aliphatic carbocycles. The standard InChI is InChI=1S/C21H13BrN2O3S/c22-13-4-1-3-12(9-13)19-15-7-6-14(26-21(25)18-5-2-8-28-18)10-17(15)27-20(24)16(19)11-23/h1-10,19H,24H2. The molecule has 1 atom stereocenters. The van der Waals surface area contributed by atoms with Crippen molar-refractivity contribution in [2.24, 2.45) is 5.73 Å². The van der Waals surface area contributed by atoms with Crippen molar-refractivity contribution in [1.82, 2.24) is 0 Å². The van der Waals surface area contributed by atoms with E-state index in [0.717, 1.165) is 15.6 Å². The molecule has 1 unspecified atom stereocenters. The van der Waals surface area contributed by atoms with E-state index in [1.807, 2.05) is 29.6 Å². The predicted molar refractivity (Wildman–Crippen MR) is 109 cm³/mol. The maximum atomic E-state index is 12.2. The van der Waals surface area contributed by atoms with Crippen LogP contribution in [0.2, 0.25) is 0 Å². The summed E-state index contributed by atoms with van der Waals surface area (Å²) in [5.74, 6) is 0.0434. The van der Waals surface area contributed by atoms with Crippen LogP contribution in [-0.4, -0.2) is 5.97 Å². The van der Waals surface area contributed by atoms with Gasteiger partial charge in [0.05, 0.1) is 5.92 Å². The lowest BCUT2D eigenvalue weighted by molar-refractivity contribution is 0.0739. The van der Waals surface area contributed by atoms with Crippen LogP contribution in [-0.2, 0) is 0 Å². The van der Waals surface area contributed by atoms with Gasteiger partial charge < -0.3 is 15.2 Å². The Labute approximate surface area is 173 Å². The molecule has 0 radical (unpaired) electrons. The lowest BCUT2D eigenvalue weighted by atomic mass is 9.83. The second-order valence-corrected chi connectivity index (χ2v) is 7.91. The van der Waals surface area contributed by atoms with Gasteiger partial charge in [0.2, 0.25) is 5.88 Å². The number of hydrogen-bond acceptors (Lipinski definition) is 6. The number of hydrogen-bond donors (Lipinski definition) is 1. The van der Waals surface area contributed by atoms with Crippen LogP contribution in [0, 0.1) is 11.3 Å². The van der Waals surface area contributed by atoms with Crippen molar-refractivity contribution >= 4 is 33.2 Å². The Morgan fingerprint density at radius 3 is 2.79 bits per heavy atom. The SMILES string of the molecule is N#CC1=C(N)Oc2cc(OC(=O)c3cccs3)ccc2C1c1cccc(Br)c1. The molecule has 28 heavy (non-hydrogen) atoms. The first-order chi connectivity index (χ1) is 13.6. The first-order valence-electron chi connectivity index (χ1n) is 8.29. The van der Waals surface area contributed by atoms with E-state index in [4.69, 9.17) is 15.2 Å². The van der Waals surface area contributed by atoms with Gasteiger partial charge in [-0.1, -0.05) is 40.2 Å². The number of ether oxygens (including phenoxy) is 2. The molecule has 5 nitrogen and oxygen atoms in total. The zero-order valence-corrected chi connectivity index (χ0v) is 16.8. The Kier molecular flexibility index (Phi) is 4.90. The van der Waals surface area contributed by atoms with Crippen LogP contribution in [0.4, 0.5) is 0 Å². The zero-order chi connectivity index (χ0) is 19.7. The van der Waals surface area contributed by atoms with E-state index in [1.165, 1.54) is 11.3 Å². The molecule has 2 N–H and O–H groups in total. The smallest absolute Gasteiger partial charge is 0.353 e. The lowest BCUT2D eigenvalue weighted by Gasteiger charge is -2.26. The topological polar surface area (TPSA) is 85.3 Å². The fraction of sp³-hybridized carbons (Fsp3) is 0.0476. The molecule has 0 saturated carbocycles. The molecule has 4 rings (SSSR count). The fourth-order valence-corrected chi connectivity index (χ4v) is 4.10. The average molecular weight is 453 g/mol. The number of carbonyl (C=O) groups is 1. The molecule has 0 amide bonds. The van der Waals surface area contributed by atoms with E-state index in [9.17, 15) is 10.1 Å². The van der Waals surface area contributed by atoms with Gasteiger partial charge in [-0.2, -0.15) is 5.26 Å². The summed E-state index contributed by atoms with van der Waals surface area (Å²) in [5.41, 5.74) is 8.04. The number of allylic oxidation sites excluding steroid dienone is 1. The summed E-state index contributed by atoms with van der Waals surface area (Å²) in [6.45, 7) is 0. The zero-order valence-electron chi connectivity index (χ0n) is 14.4. The number of nitrogens with two attached hydrogens (primary N) is 1. The number of fused-ring (bicyclic) bond motifs is 1. The average Bonchev–Trinajstić information content (AvgIpc) is 3.21. The molecule has 7 heteroatoms. The van der Waals surface area contributed by atoms with Crippen molar-refractivity contribution in [3.05, 3.63) is 91.9 Å². The summed E-state index contributed by atoms with van der Waals surface area (Å²) in [7, 11) is 0. The van der Waals surface area contributed by atoms with Gasteiger partial charge in [-0.3, -0.25) is 0 Å². The van der Waals surface area contributed by atoms with Crippen molar-refractivity contribution < 1.29 is 14.3 Å². The minimum atomic E-state index is -0.435. The normalized spacial score (nSPS) is 15.4. The van der Waals surface area contributed by atoms with E-state index < -0.39 is 5.97 Å². The molecular formula is C21H13BrN2O3S. The Morgan fingerprint density at radius 2 is 2.07 bits per heavy atom. The van der Waals surface area contributed by atoms with Crippen LogP contribution in [0.25, 0.3) is 0 Å². The summed E-state index contributed by atoms with van der Waals surface area (Å²) in [4.78, 5) is 12.7. The van der Waals surface area contributed by atoms with E-state index in [0.29, 0.717) is 21.9 Å². The molecule has 2 heterocycles. The molecule has 3 aromatic rings. The molecule has 0 bridgehead atoms. The van der Waals surface area contributed by atoms with Crippen LogP contribution in [0.15, 0.2) is 75.9 Å². The molecule has 0 saturated heterocycles. The van der Waals surface area contributed by atoms with Gasteiger partial charge in [0.15, 0.2) is 0 Å². The first kappa shape index (κ1) is 18.3. The summed E-state index contributed by atoms with van der Waals surface area (Å²) in [6, 6.07) is 18.4. The number of carbonyl (C=O) groups excluding carboxylic acids is 1. The number of thiophene rings is 1. The fourth-order valence-electron chi connectivity index (χ4n) is 3.08. The molecule has 0 fully saturated rings. The lowest BCUT2D eigenvalue weighted by Crippen LogP contribution is -2.21. The highest BCUT2D eigenvalue weighted by Gasteiger charge is 2.31. The summed E-state index contributed by atoms with van der Waals surface area (Å²) >= 11 is 4.77. The Hall–Kier alpha value is -3.08. The van der Waals surface area contributed by atoms with E-state index >= 15 is 0 Å².